The van der Waals surface area contributed by atoms with Crippen molar-refractivity contribution < 1.29 is 9.90 Å². The molecule has 1 atom stereocenters. The SMILES string of the molecule is CC(C)(C)n1cc(NC(=O)N[C@@H](CO)Cc2ccccc2)cn1. The molecule has 0 saturated carbocycles. The molecule has 6 heteroatoms. The summed E-state index contributed by atoms with van der Waals surface area (Å²) in [6.07, 6.45) is 3.96. The molecule has 23 heavy (non-hydrogen) atoms. The molecular weight excluding hydrogens is 292 g/mol. The van der Waals surface area contributed by atoms with Crippen LogP contribution in [0.1, 0.15) is 26.3 Å². The number of hydrogen-bond donors (Lipinski definition) is 3. The Hall–Kier alpha value is -2.34. The first-order valence-corrected chi connectivity index (χ1v) is 7.66. The number of aromatic nitrogens is 2. The molecule has 6 nitrogen and oxygen atoms in total. The number of carbonyl (C=O) groups excluding carboxylic acids is 1. The highest BCUT2D eigenvalue weighted by Crippen LogP contribution is 2.15. The van der Waals surface area contributed by atoms with E-state index in [1.807, 2.05) is 51.1 Å². The Morgan fingerprint density at radius 3 is 2.57 bits per heavy atom. The number of benzene rings is 1. The van der Waals surface area contributed by atoms with Crippen LogP contribution in [0, 0.1) is 0 Å². The molecule has 124 valence electrons. The van der Waals surface area contributed by atoms with E-state index in [9.17, 15) is 9.90 Å². The number of nitrogens with zero attached hydrogens (tertiary/aromatic N) is 2. The summed E-state index contributed by atoms with van der Waals surface area (Å²) in [5.74, 6) is 0. The lowest BCUT2D eigenvalue weighted by atomic mass is 10.1. The molecule has 1 aromatic heterocycles. The Balaban J connectivity index is 1.91. The quantitative estimate of drug-likeness (QED) is 0.792. The van der Waals surface area contributed by atoms with Gasteiger partial charge < -0.3 is 15.7 Å². The second kappa shape index (κ2) is 7.28. The molecule has 0 fully saturated rings. The maximum atomic E-state index is 12.1. The molecule has 0 spiro atoms. The molecule has 0 aliphatic rings. The summed E-state index contributed by atoms with van der Waals surface area (Å²) in [7, 11) is 0. The molecule has 0 aliphatic heterocycles. The van der Waals surface area contributed by atoms with Crippen LogP contribution in [0.3, 0.4) is 0 Å². The van der Waals surface area contributed by atoms with Crippen LogP contribution in [-0.4, -0.2) is 33.6 Å². The van der Waals surface area contributed by atoms with Crippen LogP contribution in [-0.2, 0) is 12.0 Å². The van der Waals surface area contributed by atoms with Crippen LogP contribution in [0.4, 0.5) is 10.5 Å². The lowest BCUT2D eigenvalue weighted by Gasteiger charge is -2.19. The van der Waals surface area contributed by atoms with Crippen LogP contribution in [0.2, 0.25) is 0 Å². The fourth-order valence-electron chi connectivity index (χ4n) is 2.17. The second-order valence-electron chi connectivity index (χ2n) is 6.51. The summed E-state index contributed by atoms with van der Waals surface area (Å²) < 4.78 is 1.79. The molecule has 0 unspecified atom stereocenters. The minimum absolute atomic E-state index is 0.121. The summed E-state index contributed by atoms with van der Waals surface area (Å²) in [6, 6.07) is 9.05. The minimum atomic E-state index is -0.353. The molecule has 1 heterocycles. The highest BCUT2D eigenvalue weighted by molar-refractivity contribution is 5.89. The van der Waals surface area contributed by atoms with Gasteiger partial charge >= 0.3 is 6.03 Å². The number of aliphatic hydroxyl groups is 1. The van der Waals surface area contributed by atoms with Gasteiger partial charge in [0.15, 0.2) is 0 Å². The van der Waals surface area contributed by atoms with E-state index in [4.69, 9.17) is 0 Å². The number of hydrogen-bond acceptors (Lipinski definition) is 3. The third-order valence-corrected chi connectivity index (χ3v) is 3.41. The molecule has 3 N–H and O–H groups in total. The van der Waals surface area contributed by atoms with Gasteiger partial charge in [-0.3, -0.25) is 4.68 Å². The first-order chi connectivity index (χ1) is 10.9. The van der Waals surface area contributed by atoms with Crippen molar-refractivity contribution in [1.29, 1.82) is 0 Å². The molecule has 2 aromatic rings. The summed E-state index contributed by atoms with van der Waals surface area (Å²) >= 11 is 0. The topological polar surface area (TPSA) is 79.2 Å². The van der Waals surface area contributed by atoms with Gasteiger partial charge in [0.1, 0.15) is 0 Å². The fraction of sp³-hybridized carbons (Fsp3) is 0.412. The smallest absolute Gasteiger partial charge is 0.319 e. The van der Waals surface area contributed by atoms with Gasteiger partial charge in [-0.05, 0) is 32.8 Å². The van der Waals surface area contributed by atoms with E-state index in [0.717, 1.165) is 5.56 Å². The van der Waals surface area contributed by atoms with Crippen molar-refractivity contribution >= 4 is 11.7 Å². The Morgan fingerprint density at radius 2 is 2.00 bits per heavy atom. The number of rotatable bonds is 5. The predicted molar refractivity (Wildman–Crippen MR) is 90.4 cm³/mol. The first kappa shape index (κ1) is 17.0. The van der Waals surface area contributed by atoms with Gasteiger partial charge in [0.25, 0.3) is 0 Å². The highest BCUT2D eigenvalue weighted by Gasteiger charge is 2.16. The minimum Gasteiger partial charge on any atom is -0.394 e. The van der Waals surface area contributed by atoms with Crippen molar-refractivity contribution in [1.82, 2.24) is 15.1 Å². The maximum absolute atomic E-state index is 12.1. The average molecular weight is 316 g/mol. The van der Waals surface area contributed by atoms with Crippen molar-refractivity contribution in [3.8, 4) is 0 Å². The molecule has 2 amide bonds. The monoisotopic (exact) mass is 316 g/mol. The molecular formula is C17H24N4O2. The van der Waals surface area contributed by atoms with E-state index in [2.05, 4.69) is 15.7 Å². The van der Waals surface area contributed by atoms with Crippen LogP contribution in [0.25, 0.3) is 0 Å². The Morgan fingerprint density at radius 1 is 1.30 bits per heavy atom. The average Bonchev–Trinajstić information content (AvgIpc) is 2.96. The van der Waals surface area contributed by atoms with E-state index in [1.54, 1.807) is 17.1 Å². The lowest BCUT2D eigenvalue weighted by molar-refractivity contribution is 0.224. The normalized spacial score (nSPS) is 12.7. The molecule has 1 aromatic carbocycles. The number of aliphatic hydroxyl groups excluding tert-OH is 1. The number of nitrogens with one attached hydrogen (secondary N) is 2. The van der Waals surface area contributed by atoms with Gasteiger partial charge in [0.05, 0.1) is 30.1 Å². The van der Waals surface area contributed by atoms with Crippen molar-refractivity contribution in [3.63, 3.8) is 0 Å². The number of urea groups is 1. The van der Waals surface area contributed by atoms with Crippen LogP contribution >= 0.6 is 0 Å². The highest BCUT2D eigenvalue weighted by atomic mass is 16.3. The summed E-state index contributed by atoms with van der Waals surface area (Å²) in [4.78, 5) is 12.1. The van der Waals surface area contributed by atoms with E-state index >= 15 is 0 Å². The molecule has 0 saturated heterocycles. The van der Waals surface area contributed by atoms with Gasteiger partial charge in [-0.15, -0.1) is 0 Å². The first-order valence-electron chi connectivity index (χ1n) is 7.66. The summed E-state index contributed by atoms with van der Waals surface area (Å²) in [5.41, 5.74) is 1.54. The van der Waals surface area contributed by atoms with Crippen molar-refractivity contribution in [2.45, 2.75) is 38.8 Å². The van der Waals surface area contributed by atoms with E-state index in [-0.39, 0.29) is 24.2 Å². The molecule has 0 bridgehead atoms. The van der Waals surface area contributed by atoms with Gasteiger partial charge in [-0.25, -0.2) is 4.79 Å². The van der Waals surface area contributed by atoms with Gasteiger partial charge in [0.2, 0.25) is 0 Å². The van der Waals surface area contributed by atoms with Crippen LogP contribution in [0.15, 0.2) is 42.7 Å². The molecule has 0 radical (unpaired) electrons. The van der Waals surface area contributed by atoms with Crippen molar-refractivity contribution in [2.24, 2.45) is 0 Å². The summed E-state index contributed by atoms with van der Waals surface area (Å²) in [5, 5.41) is 19.2. The van der Waals surface area contributed by atoms with Crippen molar-refractivity contribution in [2.75, 3.05) is 11.9 Å². The third kappa shape index (κ3) is 5.10. The standard InChI is InChI=1S/C17H24N4O2/c1-17(2,3)21-11-15(10-18-21)20-16(23)19-14(12-22)9-13-7-5-4-6-8-13/h4-8,10-11,14,22H,9,12H2,1-3H3,(H2,19,20,23)/t14-/m1/s1. The summed E-state index contributed by atoms with van der Waals surface area (Å²) in [6.45, 7) is 5.98. The van der Waals surface area contributed by atoms with Gasteiger partial charge in [-0.1, -0.05) is 30.3 Å². The molecule has 2 rings (SSSR count). The number of anilines is 1. The largest absolute Gasteiger partial charge is 0.394 e. The maximum Gasteiger partial charge on any atom is 0.319 e. The Labute approximate surface area is 136 Å². The third-order valence-electron chi connectivity index (χ3n) is 3.41. The van der Waals surface area contributed by atoms with Crippen LogP contribution < -0.4 is 10.6 Å². The fourth-order valence-corrected chi connectivity index (χ4v) is 2.17. The zero-order valence-electron chi connectivity index (χ0n) is 13.8. The number of amides is 2. The number of carbonyl (C=O) groups is 1. The van der Waals surface area contributed by atoms with Crippen molar-refractivity contribution in [3.05, 3.63) is 48.3 Å². The van der Waals surface area contributed by atoms with E-state index in [0.29, 0.717) is 12.1 Å². The van der Waals surface area contributed by atoms with Crippen LogP contribution in [0.5, 0.6) is 0 Å². The Kier molecular flexibility index (Phi) is 5.39. The van der Waals surface area contributed by atoms with Gasteiger partial charge in [-0.2, -0.15) is 5.10 Å². The van der Waals surface area contributed by atoms with Gasteiger partial charge in [0, 0.05) is 6.20 Å². The lowest BCUT2D eigenvalue weighted by Crippen LogP contribution is -2.41. The zero-order chi connectivity index (χ0) is 16.9. The zero-order valence-corrected chi connectivity index (χ0v) is 13.8. The van der Waals surface area contributed by atoms with E-state index in [1.165, 1.54) is 0 Å². The predicted octanol–water partition coefficient (Wildman–Crippen LogP) is 2.36. The second-order valence-corrected chi connectivity index (χ2v) is 6.51. The Bertz CT molecular complexity index is 632. The van der Waals surface area contributed by atoms with E-state index < -0.39 is 0 Å². The molecule has 0 aliphatic carbocycles.